The Kier molecular flexibility index (Phi) is 3.10. The highest BCUT2D eigenvalue weighted by Crippen LogP contribution is 2.20. The number of aliphatic hydroxyl groups excluding tert-OH is 1. The summed E-state index contributed by atoms with van der Waals surface area (Å²) in [5, 5.41) is 9.27. The van der Waals surface area contributed by atoms with Crippen molar-refractivity contribution in [2.75, 3.05) is 24.2 Å². The number of imidazole rings is 1. The Morgan fingerprint density at radius 2 is 2.29 bits per heavy atom. The Morgan fingerprint density at radius 3 is 3.00 bits per heavy atom. The topological polar surface area (TPSA) is 104 Å². The van der Waals surface area contributed by atoms with E-state index >= 15 is 0 Å². The molecule has 2 aromatic heterocycles. The molecule has 92 valence electrons. The first kappa shape index (κ1) is 11.6. The summed E-state index contributed by atoms with van der Waals surface area (Å²) >= 11 is 0. The van der Waals surface area contributed by atoms with E-state index in [0.29, 0.717) is 24.4 Å². The maximum atomic E-state index is 9.27. The molecular weight excluding hydrogens is 220 g/mol. The van der Waals surface area contributed by atoms with Gasteiger partial charge in [0.15, 0.2) is 11.5 Å². The SMILES string of the molecule is CC(O)CCN(C)c1nc(N)nc2nc[nH]c12. The van der Waals surface area contributed by atoms with Gasteiger partial charge in [-0.1, -0.05) is 0 Å². The number of hydrogen-bond acceptors (Lipinski definition) is 6. The summed E-state index contributed by atoms with van der Waals surface area (Å²) in [6, 6.07) is 0. The monoisotopic (exact) mass is 236 g/mol. The van der Waals surface area contributed by atoms with E-state index in [-0.39, 0.29) is 12.1 Å². The van der Waals surface area contributed by atoms with Crippen molar-refractivity contribution in [3.63, 3.8) is 0 Å². The molecule has 7 heteroatoms. The maximum Gasteiger partial charge on any atom is 0.224 e. The van der Waals surface area contributed by atoms with Gasteiger partial charge in [0.1, 0.15) is 5.52 Å². The first-order valence-electron chi connectivity index (χ1n) is 5.43. The van der Waals surface area contributed by atoms with Crippen molar-refractivity contribution in [2.24, 2.45) is 0 Å². The van der Waals surface area contributed by atoms with Gasteiger partial charge in [0.2, 0.25) is 5.95 Å². The van der Waals surface area contributed by atoms with Crippen LogP contribution < -0.4 is 10.6 Å². The second-order valence-electron chi connectivity index (χ2n) is 4.07. The Morgan fingerprint density at radius 1 is 1.53 bits per heavy atom. The zero-order valence-corrected chi connectivity index (χ0v) is 9.88. The third-order valence-corrected chi connectivity index (χ3v) is 2.53. The number of hydrogen-bond donors (Lipinski definition) is 3. The summed E-state index contributed by atoms with van der Waals surface area (Å²) in [6.45, 7) is 2.44. The molecule has 0 spiro atoms. The predicted molar refractivity (Wildman–Crippen MR) is 65.7 cm³/mol. The molecule has 0 aliphatic carbocycles. The lowest BCUT2D eigenvalue weighted by molar-refractivity contribution is 0.187. The second-order valence-corrected chi connectivity index (χ2v) is 4.07. The van der Waals surface area contributed by atoms with Gasteiger partial charge in [-0.25, -0.2) is 4.98 Å². The number of rotatable bonds is 4. The van der Waals surface area contributed by atoms with Crippen LogP contribution in [0.4, 0.5) is 11.8 Å². The van der Waals surface area contributed by atoms with Gasteiger partial charge in [-0.05, 0) is 13.3 Å². The fraction of sp³-hybridized carbons (Fsp3) is 0.500. The third-order valence-electron chi connectivity index (χ3n) is 2.53. The van der Waals surface area contributed by atoms with Crippen LogP contribution in [0, 0.1) is 0 Å². The second kappa shape index (κ2) is 4.54. The molecule has 0 aliphatic rings. The highest BCUT2D eigenvalue weighted by Gasteiger charge is 2.12. The fourth-order valence-corrected chi connectivity index (χ4v) is 1.60. The van der Waals surface area contributed by atoms with Gasteiger partial charge in [0.25, 0.3) is 0 Å². The van der Waals surface area contributed by atoms with Crippen LogP contribution in [0.5, 0.6) is 0 Å². The molecule has 0 fully saturated rings. The molecule has 1 unspecified atom stereocenters. The highest BCUT2D eigenvalue weighted by atomic mass is 16.3. The van der Waals surface area contributed by atoms with Gasteiger partial charge in [-0.15, -0.1) is 0 Å². The number of H-pyrrole nitrogens is 1. The lowest BCUT2D eigenvalue weighted by Crippen LogP contribution is -2.23. The summed E-state index contributed by atoms with van der Waals surface area (Å²) < 4.78 is 0. The van der Waals surface area contributed by atoms with Gasteiger partial charge in [-0.2, -0.15) is 9.97 Å². The van der Waals surface area contributed by atoms with Crippen molar-refractivity contribution in [1.29, 1.82) is 0 Å². The first-order chi connectivity index (χ1) is 8.08. The van der Waals surface area contributed by atoms with Gasteiger partial charge >= 0.3 is 0 Å². The number of aromatic nitrogens is 4. The minimum absolute atomic E-state index is 0.198. The number of nitrogens with two attached hydrogens (primary N) is 1. The highest BCUT2D eigenvalue weighted by molar-refractivity contribution is 5.83. The van der Waals surface area contributed by atoms with E-state index in [0.717, 1.165) is 5.52 Å². The number of nitrogen functional groups attached to an aromatic ring is 1. The molecule has 2 heterocycles. The normalized spacial score (nSPS) is 12.9. The van der Waals surface area contributed by atoms with Gasteiger partial charge in [0.05, 0.1) is 12.4 Å². The van der Waals surface area contributed by atoms with E-state index in [2.05, 4.69) is 19.9 Å². The van der Waals surface area contributed by atoms with Crippen LogP contribution >= 0.6 is 0 Å². The number of nitrogens with zero attached hydrogens (tertiary/aromatic N) is 4. The molecule has 0 aliphatic heterocycles. The standard InChI is InChI=1S/C10H16N6O/c1-6(17)3-4-16(2)9-7-8(13-5-12-7)14-10(11)15-9/h5-6,17H,3-4H2,1-2H3,(H3,11,12,13,14,15). The van der Waals surface area contributed by atoms with Crippen molar-refractivity contribution >= 4 is 22.9 Å². The quantitative estimate of drug-likeness (QED) is 0.697. The smallest absolute Gasteiger partial charge is 0.224 e. The molecule has 0 saturated carbocycles. The molecule has 0 aromatic carbocycles. The van der Waals surface area contributed by atoms with Gasteiger partial charge in [-0.3, -0.25) is 0 Å². The molecule has 0 radical (unpaired) electrons. The van der Waals surface area contributed by atoms with Crippen LogP contribution in [0.1, 0.15) is 13.3 Å². The zero-order valence-electron chi connectivity index (χ0n) is 9.88. The largest absolute Gasteiger partial charge is 0.393 e. The van der Waals surface area contributed by atoms with E-state index in [1.54, 1.807) is 13.3 Å². The van der Waals surface area contributed by atoms with E-state index in [1.165, 1.54) is 0 Å². The van der Waals surface area contributed by atoms with Gasteiger partial charge < -0.3 is 20.7 Å². The minimum atomic E-state index is -0.339. The number of anilines is 2. The molecule has 0 amide bonds. The number of aliphatic hydroxyl groups is 1. The van der Waals surface area contributed by atoms with E-state index in [1.807, 2.05) is 11.9 Å². The predicted octanol–water partition coefficient (Wildman–Crippen LogP) is 0.142. The summed E-state index contributed by atoms with van der Waals surface area (Å²) in [5.74, 6) is 0.897. The molecule has 1 atom stereocenters. The first-order valence-corrected chi connectivity index (χ1v) is 5.43. The van der Waals surface area contributed by atoms with Crippen molar-refractivity contribution in [3.8, 4) is 0 Å². The number of aromatic amines is 1. The van der Waals surface area contributed by atoms with E-state index in [4.69, 9.17) is 5.73 Å². The summed E-state index contributed by atoms with van der Waals surface area (Å²) in [4.78, 5) is 17.2. The molecule has 2 aromatic rings. The van der Waals surface area contributed by atoms with Crippen molar-refractivity contribution in [3.05, 3.63) is 6.33 Å². The molecule has 7 nitrogen and oxygen atoms in total. The molecule has 0 saturated heterocycles. The van der Waals surface area contributed by atoms with E-state index in [9.17, 15) is 5.11 Å². The van der Waals surface area contributed by atoms with Crippen molar-refractivity contribution < 1.29 is 5.11 Å². The Hall–Kier alpha value is -1.89. The minimum Gasteiger partial charge on any atom is -0.393 e. The van der Waals surface area contributed by atoms with E-state index < -0.39 is 0 Å². The average Bonchev–Trinajstić information content (AvgIpc) is 2.72. The molecular formula is C10H16N6O. The van der Waals surface area contributed by atoms with Gasteiger partial charge in [0, 0.05) is 13.6 Å². The molecule has 17 heavy (non-hydrogen) atoms. The molecule has 0 bridgehead atoms. The van der Waals surface area contributed by atoms with Crippen LogP contribution in [0.25, 0.3) is 11.2 Å². The number of nitrogens with one attached hydrogen (secondary N) is 1. The summed E-state index contributed by atoms with van der Waals surface area (Å²) in [6.07, 6.45) is 1.88. The fourth-order valence-electron chi connectivity index (χ4n) is 1.60. The Labute approximate surface area is 98.7 Å². The Balaban J connectivity index is 2.30. The molecule has 2 rings (SSSR count). The lowest BCUT2D eigenvalue weighted by atomic mass is 10.3. The third kappa shape index (κ3) is 2.44. The lowest BCUT2D eigenvalue weighted by Gasteiger charge is -2.19. The van der Waals surface area contributed by atoms with Crippen LogP contribution in [-0.4, -0.2) is 44.7 Å². The summed E-state index contributed by atoms with van der Waals surface area (Å²) in [5.41, 5.74) is 6.93. The van der Waals surface area contributed by atoms with Crippen LogP contribution in [-0.2, 0) is 0 Å². The van der Waals surface area contributed by atoms with Crippen LogP contribution in [0.15, 0.2) is 6.33 Å². The molecule has 4 N–H and O–H groups in total. The van der Waals surface area contributed by atoms with Crippen molar-refractivity contribution in [1.82, 2.24) is 19.9 Å². The average molecular weight is 236 g/mol. The summed E-state index contributed by atoms with van der Waals surface area (Å²) in [7, 11) is 1.89. The van der Waals surface area contributed by atoms with Crippen LogP contribution in [0.3, 0.4) is 0 Å². The maximum absolute atomic E-state index is 9.27. The van der Waals surface area contributed by atoms with Crippen molar-refractivity contribution in [2.45, 2.75) is 19.4 Å². The zero-order chi connectivity index (χ0) is 12.4. The Bertz CT molecular complexity index is 508. The number of fused-ring (bicyclic) bond motifs is 1. The van der Waals surface area contributed by atoms with Crippen LogP contribution in [0.2, 0.25) is 0 Å².